The molecule has 3 nitrogen and oxygen atoms in total. The van der Waals surface area contributed by atoms with Gasteiger partial charge in [-0.3, -0.25) is 0 Å². The number of epoxide rings is 1. The van der Waals surface area contributed by atoms with E-state index in [-0.39, 0.29) is 11.9 Å². The molecular weight excluding hydrogens is 252 g/mol. The van der Waals surface area contributed by atoms with Crippen LogP contribution < -0.4 is 4.74 Å². The average Bonchev–Trinajstić information content (AvgIpc) is 3.27. The molecule has 1 atom stereocenters. The predicted molar refractivity (Wildman–Crippen MR) is 78.0 cm³/mol. The maximum Gasteiger partial charge on any atom is 0.169 e. The molecule has 0 aromatic heterocycles. The number of phenolic OH excluding ortho intramolecular Hbond substituents is 1. The summed E-state index contributed by atoms with van der Waals surface area (Å²) >= 11 is 0. The van der Waals surface area contributed by atoms with Gasteiger partial charge < -0.3 is 14.6 Å². The van der Waals surface area contributed by atoms with Gasteiger partial charge in [-0.2, -0.15) is 0 Å². The first-order valence-corrected chi connectivity index (χ1v) is 6.76. The number of aromatic hydroxyl groups is 1. The molecule has 1 saturated heterocycles. The van der Waals surface area contributed by atoms with Crippen molar-refractivity contribution < 1.29 is 14.6 Å². The summed E-state index contributed by atoms with van der Waals surface area (Å²) in [4.78, 5) is 0. The van der Waals surface area contributed by atoms with E-state index in [2.05, 4.69) is 0 Å². The Hall–Kier alpha value is -2.00. The van der Waals surface area contributed by atoms with Crippen LogP contribution in [-0.4, -0.2) is 23.4 Å². The lowest BCUT2D eigenvalue weighted by molar-refractivity contribution is 0.0719. The average molecular weight is 270 g/mol. The number of benzene rings is 2. The van der Waals surface area contributed by atoms with Crippen LogP contribution >= 0.6 is 0 Å². The van der Waals surface area contributed by atoms with Gasteiger partial charge in [-0.15, -0.1) is 0 Å². The second-order valence-electron chi connectivity index (χ2n) is 5.55. The van der Waals surface area contributed by atoms with E-state index in [9.17, 15) is 5.11 Å². The first kappa shape index (κ1) is 13.0. The number of ether oxygens (including phenoxy) is 2. The Bertz CT molecular complexity index is 601. The Labute approximate surface area is 118 Å². The summed E-state index contributed by atoms with van der Waals surface area (Å²) in [7, 11) is 0. The quantitative estimate of drug-likeness (QED) is 0.863. The topological polar surface area (TPSA) is 42.0 Å². The minimum Gasteiger partial charge on any atom is -0.504 e. The molecule has 0 amide bonds. The molecule has 2 aromatic rings. The molecule has 1 aliphatic heterocycles. The van der Waals surface area contributed by atoms with Gasteiger partial charge in [-0.25, -0.2) is 0 Å². The highest BCUT2D eigenvalue weighted by Gasteiger charge is 2.42. The molecule has 0 aliphatic carbocycles. The van der Waals surface area contributed by atoms with Crippen LogP contribution in [0.15, 0.2) is 48.5 Å². The molecule has 20 heavy (non-hydrogen) atoms. The summed E-state index contributed by atoms with van der Waals surface area (Å²) in [5.41, 5.74) is 1.45. The molecule has 0 radical (unpaired) electrons. The van der Waals surface area contributed by atoms with Crippen molar-refractivity contribution in [1.82, 2.24) is 0 Å². The van der Waals surface area contributed by atoms with E-state index in [1.807, 2.05) is 56.3 Å². The van der Waals surface area contributed by atoms with Crippen molar-refractivity contribution in [3.63, 3.8) is 0 Å². The lowest BCUT2D eigenvalue weighted by Crippen LogP contribution is -2.35. The molecule has 1 unspecified atom stereocenters. The number of phenols is 1. The maximum absolute atomic E-state index is 10.2. The lowest BCUT2D eigenvalue weighted by Gasteiger charge is -2.26. The van der Waals surface area contributed by atoms with Gasteiger partial charge >= 0.3 is 0 Å². The molecule has 3 rings (SSSR count). The zero-order valence-corrected chi connectivity index (χ0v) is 11.7. The number of para-hydroxylation sites is 1. The third-order valence-corrected chi connectivity index (χ3v) is 3.55. The second kappa shape index (κ2) is 4.84. The minimum absolute atomic E-state index is 0.0886. The van der Waals surface area contributed by atoms with Crippen molar-refractivity contribution in [2.45, 2.75) is 25.6 Å². The Kier molecular flexibility index (Phi) is 3.14. The van der Waals surface area contributed by atoms with Crippen LogP contribution in [0.4, 0.5) is 0 Å². The number of hydrogen-bond donors (Lipinski definition) is 1. The molecule has 1 aliphatic rings. The molecule has 0 spiro atoms. The van der Waals surface area contributed by atoms with Gasteiger partial charge in [-0.1, -0.05) is 42.5 Å². The van der Waals surface area contributed by atoms with Gasteiger partial charge in [-0.05, 0) is 25.5 Å². The fourth-order valence-electron chi connectivity index (χ4n) is 2.26. The molecule has 3 heteroatoms. The molecule has 1 fully saturated rings. The van der Waals surface area contributed by atoms with Crippen LogP contribution in [-0.2, 0) is 4.74 Å². The van der Waals surface area contributed by atoms with Crippen molar-refractivity contribution in [2.24, 2.45) is 0 Å². The summed E-state index contributed by atoms with van der Waals surface area (Å²) in [5, 5.41) is 10.2. The van der Waals surface area contributed by atoms with Crippen molar-refractivity contribution in [3.05, 3.63) is 48.5 Å². The molecule has 1 N–H and O–H groups in total. The van der Waals surface area contributed by atoms with E-state index < -0.39 is 5.60 Å². The maximum atomic E-state index is 10.2. The molecule has 104 valence electrons. The van der Waals surface area contributed by atoms with Gasteiger partial charge in [0.15, 0.2) is 11.5 Å². The predicted octanol–water partition coefficient (Wildman–Crippen LogP) is 3.62. The van der Waals surface area contributed by atoms with Crippen molar-refractivity contribution >= 4 is 0 Å². The summed E-state index contributed by atoms with van der Waals surface area (Å²) in [6.45, 7) is 4.67. The molecule has 1 heterocycles. The first-order chi connectivity index (χ1) is 9.58. The first-order valence-electron chi connectivity index (χ1n) is 6.76. The number of hydrogen-bond acceptors (Lipinski definition) is 3. The Morgan fingerprint density at radius 1 is 1.10 bits per heavy atom. The van der Waals surface area contributed by atoms with E-state index in [0.717, 1.165) is 11.1 Å². The van der Waals surface area contributed by atoms with Crippen LogP contribution in [0, 0.1) is 0 Å². The van der Waals surface area contributed by atoms with Crippen molar-refractivity contribution in [1.29, 1.82) is 0 Å². The minimum atomic E-state index is -0.456. The van der Waals surface area contributed by atoms with E-state index in [4.69, 9.17) is 9.47 Å². The van der Waals surface area contributed by atoms with Gasteiger partial charge in [0.05, 0.1) is 6.61 Å². The molecule has 0 bridgehead atoms. The van der Waals surface area contributed by atoms with Crippen molar-refractivity contribution in [2.75, 3.05) is 6.61 Å². The second-order valence-corrected chi connectivity index (χ2v) is 5.55. The summed E-state index contributed by atoms with van der Waals surface area (Å²) < 4.78 is 11.4. The highest BCUT2D eigenvalue weighted by atomic mass is 16.6. The largest absolute Gasteiger partial charge is 0.504 e. The molecular formula is C17H18O3. The van der Waals surface area contributed by atoms with E-state index in [0.29, 0.717) is 12.4 Å². The van der Waals surface area contributed by atoms with Gasteiger partial charge in [0, 0.05) is 5.56 Å². The van der Waals surface area contributed by atoms with Crippen LogP contribution in [0.5, 0.6) is 11.5 Å². The Balaban J connectivity index is 2.01. The van der Waals surface area contributed by atoms with Gasteiger partial charge in [0.2, 0.25) is 0 Å². The Morgan fingerprint density at radius 3 is 2.45 bits per heavy atom. The SMILES string of the molecule is CC(C)(Oc1c(O)cccc1-c1ccccc1)C1CO1. The van der Waals surface area contributed by atoms with Crippen molar-refractivity contribution in [3.8, 4) is 22.6 Å². The lowest BCUT2D eigenvalue weighted by atomic mass is 10.0. The van der Waals surface area contributed by atoms with E-state index in [1.165, 1.54) is 0 Å². The van der Waals surface area contributed by atoms with Gasteiger partial charge in [0.25, 0.3) is 0 Å². The number of rotatable bonds is 4. The summed E-state index contributed by atoms with van der Waals surface area (Å²) in [5.74, 6) is 0.666. The fourth-order valence-corrected chi connectivity index (χ4v) is 2.26. The highest BCUT2D eigenvalue weighted by molar-refractivity contribution is 5.73. The summed E-state index contributed by atoms with van der Waals surface area (Å²) in [6.07, 6.45) is 0.0886. The van der Waals surface area contributed by atoms with Crippen LogP contribution in [0.25, 0.3) is 11.1 Å². The standard InChI is InChI=1S/C17H18O3/c1-17(2,15-11-19-15)20-16-13(9-6-10-14(16)18)12-7-4-3-5-8-12/h3-10,15,18H,11H2,1-2H3. The molecule has 0 saturated carbocycles. The third-order valence-electron chi connectivity index (χ3n) is 3.55. The summed E-state index contributed by atoms with van der Waals surface area (Å²) in [6, 6.07) is 15.3. The smallest absolute Gasteiger partial charge is 0.169 e. The third kappa shape index (κ3) is 2.49. The van der Waals surface area contributed by atoms with Crippen LogP contribution in [0.2, 0.25) is 0 Å². The van der Waals surface area contributed by atoms with E-state index >= 15 is 0 Å². The van der Waals surface area contributed by atoms with Gasteiger partial charge in [0.1, 0.15) is 11.7 Å². The van der Waals surface area contributed by atoms with Crippen LogP contribution in [0.1, 0.15) is 13.8 Å². The zero-order chi connectivity index (χ0) is 14.2. The zero-order valence-electron chi connectivity index (χ0n) is 11.7. The molecule has 2 aromatic carbocycles. The highest BCUT2D eigenvalue weighted by Crippen LogP contribution is 2.41. The van der Waals surface area contributed by atoms with Crippen LogP contribution in [0.3, 0.4) is 0 Å². The normalized spacial score (nSPS) is 17.8. The Morgan fingerprint density at radius 2 is 1.80 bits per heavy atom. The fraction of sp³-hybridized carbons (Fsp3) is 0.294. The van der Waals surface area contributed by atoms with E-state index in [1.54, 1.807) is 6.07 Å². The monoisotopic (exact) mass is 270 g/mol.